The summed E-state index contributed by atoms with van der Waals surface area (Å²) in [7, 11) is 0. The van der Waals surface area contributed by atoms with E-state index in [-0.39, 0.29) is 23.5 Å². The number of nitrogen functional groups attached to an aromatic ring is 1. The first-order valence-corrected chi connectivity index (χ1v) is 8.37. The second-order valence-electron chi connectivity index (χ2n) is 5.53. The number of nitrogens with zero attached hydrogens (tertiary/aromatic N) is 4. The van der Waals surface area contributed by atoms with Crippen molar-refractivity contribution in [3.63, 3.8) is 0 Å². The second-order valence-corrected chi connectivity index (χ2v) is 6.48. The van der Waals surface area contributed by atoms with Crippen molar-refractivity contribution in [3.8, 4) is 0 Å². The van der Waals surface area contributed by atoms with Crippen LogP contribution in [-0.4, -0.2) is 37.5 Å². The van der Waals surface area contributed by atoms with Crippen molar-refractivity contribution in [2.24, 2.45) is 0 Å². The summed E-state index contributed by atoms with van der Waals surface area (Å²) in [6.07, 6.45) is 1.94. The molecule has 1 heterocycles. The summed E-state index contributed by atoms with van der Waals surface area (Å²) in [5.41, 5.74) is 0.538. The maximum atomic E-state index is 13.8. The lowest BCUT2D eigenvalue weighted by atomic mass is 10.2. The van der Waals surface area contributed by atoms with Crippen LogP contribution in [0.25, 0.3) is 0 Å². The lowest BCUT2D eigenvalue weighted by Crippen LogP contribution is -2.34. The fourth-order valence-corrected chi connectivity index (χ4v) is 3.06. The van der Waals surface area contributed by atoms with Crippen LogP contribution in [0.15, 0.2) is 29.4 Å². The first kappa shape index (κ1) is 15.8. The normalized spacial score (nSPS) is 14.0. The molecule has 0 saturated heterocycles. The molecular formula is C15H18FN5OS. The lowest BCUT2D eigenvalue weighted by Gasteiger charge is -2.22. The van der Waals surface area contributed by atoms with Gasteiger partial charge in [0.25, 0.3) is 0 Å². The fraction of sp³-hybridized carbons (Fsp3) is 0.400. The van der Waals surface area contributed by atoms with Gasteiger partial charge < -0.3 is 10.7 Å². The van der Waals surface area contributed by atoms with E-state index in [9.17, 15) is 9.18 Å². The molecule has 0 atom stereocenters. The summed E-state index contributed by atoms with van der Waals surface area (Å²) < 4.78 is 15.2. The first-order chi connectivity index (χ1) is 11.1. The van der Waals surface area contributed by atoms with Crippen LogP contribution >= 0.6 is 11.8 Å². The Hall–Kier alpha value is -2.09. The quantitative estimate of drug-likeness (QED) is 0.642. The maximum absolute atomic E-state index is 13.8. The smallest absolute Gasteiger partial charge is 0.233 e. The number of carbonyl (C=O) groups excluding carboxylic acids is 1. The minimum atomic E-state index is -0.282. The Kier molecular flexibility index (Phi) is 4.51. The zero-order valence-electron chi connectivity index (χ0n) is 12.8. The van der Waals surface area contributed by atoms with E-state index >= 15 is 0 Å². The molecule has 1 aromatic carbocycles. The van der Waals surface area contributed by atoms with Gasteiger partial charge in [-0.15, -0.1) is 10.2 Å². The van der Waals surface area contributed by atoms with E-state index in [0.717, 1.165) is 12.8 Å². The van der Waals surface area contributed by atoms with Crippen LogP contribution in [0.5, 0.6) is 0 Å². The lowest BCUT2D eigenvalue weighted by molar-refractivity contribution is -0.129. The number of hydrogen-bond donors (Lipinski definition) is 1. The Balaban J connectivity index is 1.65. The highest BCUT2D eigenvalue weighted by molar-refractivity contribution is 7.99. The summed E-state index contributed by atoms with van der Waals surface area (Å²) in [5, 5.41) is 8.28. The molecule has 1 fully saturated rings. The highest BCUT2D eigenvalue weighted by atomic mass is 32.2. The van der Waals surface area contributed by atoms with Gasteiger partial charge >= 0.3 is 0 Å². The predicted molar refractivity (Wildman–Crippen MR) is 85.6 cm³/mol. The molecule has 0 radical (unpaired) electrons. The largest absolute Gasteiger partial charge is 0.336 e. The Bertz CT molecular complexity index is 716. The monoisotopic (exact) mass is 335 g/mol. The van der Waals surface area contributed by atoms with E-state index < -0.39 is 0 Å². The third-order valence-corrected chi connectivity index (χ3v) is 4.69. The van der Waals surface area contributed by atoms with Crippen LogP contribution in [0.2, 0.25) is 0 Å². The highest BCUT2D eigenvalue weighted by Gasteiger charge is 2.33. The average molecular weight is 335 g/mol. The van der Waals surface area contributed by atoms with Crippen LogP contribution in [0.4, 0.5) is 4.39 Å². The van der Waals surface area contributed by atoms with E-state index in [1.165, 1.54) is 22.5 Å². The fourth-order valence-electron chi connectivity index (χ4n) is 2.27. The molecule has 1 aliphatic rings. The van der Waals surface area contributed by atoms with Gasteiger partial charge in [-0.25, -0.2) is 9.07 Å². The van der Waals surface area contributed by atoms with Crippen LogP contribution in [0.3, 0.4) is 0 Å². The van der Waals surface area contributed by atoms with Crippen molar-refractivity contribution in [2.75, 3.05) is 11.6 Å². The molecule has 0 bridgehead atoms. The molecule has 122 valence electrons. The molecule has 0 spiro atoms. The third-order valence-electron chi connectivity index (χ3n) is 3.77. The molecule has 6 nitrogen and oxygen atoms in total. The molecule has 1 amide bonds. The highest BCUT2D eigenvalue weighted by Crippen LogP contribution is 2.30. The Morgan fingerprint density at radius 1 is 1.43 bits per heavy atom. The molecule has 1 saturated carbocycles. The molecule has 2 N–H and O–H groups in total. The van der Waals surface area contributed by atoms with Gasteiger partial charge in [0.1, 0.15) is 11.6 Å². The van der Waals surface area contributed by atoms with Crippen molar-refractivity contribution in [1.29, 1.82) is 0 Å². The summed E-state index contributed by atoms with van der Waals surface area (Å²) in [6, 6.07) is 6.77. The van der Waals surface area contributed by atoms with Crippen molar-refractivity contribution in [1.82, 2.24) is 19.8 Å². The average Bonchev–Trinajstić information content (AvgIpc) is 3.33. The van der Waals surface area contributed by atoms with E-state index in [1.54, 1.807) is 30.0 Å². The van der Waals surface area contributed by atoms with Crippen LogP contribution in [-0.2, 0) is 11.3 Å². The van der Waals surface area contributed by atoms with Gasteiger partial charge in [-0.05, 0) is 25.8 Å². The van der Waals surface area contributed by atoms with E-state index in [4.69, 9.17) is 5.84 Å². The molecule has 1 aromatic heterocycles. The Morgan fingerprint density at radius 2 is 2.17 bits per heavy atom. The number of rotatable bonds is 6. The van der Waals surface area contributed by atoms with Gasteiger partial charge in [0, 0.05) is 18.2 Å². The molecule has 3 rings (SSSR count). The van der Waals surface area contributed by atoms with Gasteiger partial charge in [0.05, 0.1) is 5.75 Å². The summed E-state index contributed by atoms with van der Waals surface area (Å²) >= 11 is 1.24. The van der Waals surface area contributed by atoms with Crippen molar-refractivity contribution in [2.45, 2.75) is 37.5 Å². The SMILES string of the molecule is Cc1nnc(SCC(=O)N(Cc2ccccc2F)C2CC2)n1N. The molecule has 1 aliphatic carbocycles. The molecule has 23 heavy (non-hydrogen) atoms. The number of hydrogen-bond acceptors (Lipinski definition) is 5. The number of halogens is 1. The Morgan fingerprint density at radius 3 is 2.78 bits per heavy atom. The number of amides is 1. The van der Waals surface area contributed by atoms with Gasteiger partial charge in [-0.1, -0.05) is 30.0 Å². The van der Waals surface area contributed by atoms with Crippen LogP contribution in [0.1, 0.15) is 24.2 Å². The molecule has 8 heteroatoms. The Labute approximate surface area is 137 Å². The van der Waals surface area contributed by atoms with E-state index in [1.807, 2.05) is 0 Å². The second kappa shape index (κ2) is 6.57. The van der Waals surface area contributed by atoms with Crippen molar-refractivity contribution in [3.05, 3.63) is 41.5 Å². The van der Waals surface area contributed by atoms with Gasteiger partial charge in [-0.3, -0.25) is 4.79 Å². The number of benzene rings is 1. The van der Waals surface area contributed by atoms with Crippen molar-refractivity contribution < 1.29 is 9.18 Å². The van der Waals surface area contributed by atoms with Crippen LogP contribution < -0.4 is 5.84 Å². The topological polar surface area (TPSA) is 77.0 Å². The summed E-state index contributed by atoms with van der Waals surface area (Å²) in [4.78, 5) is 14.3. The van der Waals surface area contributed by atoms with Crippen molar-refractivity contribution >= 4 is 17.7 Å². The van der Waals surface area contributed by atoms with Gasteiger partial charge in [0.2, 0.25) is 11.1 Å². The van der Waals surface area contributed by atoms with Crippen LogP contribution in [0, 0.1) is 12.7 Å². The summed E-state index contributed by atoms with van der Waals surface area (Å²) in [6.45, 7) is 2.04. The van der Waals surface area contributed by atoms with Gasteiger partial charge in [0.15, 0.2) is 0 Å². The number of nitrogens with two attached hydrogens (primary N) is 1. The molecule has 2 aromatic rings. The molecule has 0 unspecified atom stereocenters. The molecular weight excluding hydrogens is 317 g/mol. The number of carbonyl (C=O) groups is 1. The number of aromatic nitrogens is 3. The minimum absolute atomic E-state index is 0.0404. The molecule has 0 aliphatic heterocycles. The van der Waals surface area contributed by atoms with E-state index in [2.05, 4.69) is 10.2 Å². The zero-order chi connectivity index (χ0) is 16.4. The third kappa shape index (κ3) is 3.64. The van der Waals surface area contributed by atoms with E-state index in [0.29, 0.717) is 23.1 Å². The predicted octanol–water partition coefficient (Wildman–Crippen LogP) is 1.72. The maximum Gasteiger partial charge on any atom is 0.233 e. The number of aryl methyl sites for hydroxylation is 1. The van der Waals surface area contributed by atoms with Gasteiger partial charge in [-0.2, -0.15) is 0 Å². The zero-order valence-corrected chi connectivity index (χ0v) is 13.6. The number of thioether (sulfide) groups is 1. The first-order valence-electron chi connectivity index (χ1n) is 7.39. The summed E-state index contributed by atoms with van der Waals surface area (Å²) in [5.74, 6) is 6.25. The standard InChI is InChI=1S/C15H18FN5OS/c1-10-18-19-15(21(10)17)23-9-14(22)20(12-6-7-12)8-11-4-2-3-5-13(11)16/h2-5,12H,6-9,17H2,1H3. The minimum Gasteiger partial charge on any atom is -0.336 e.